The summed E-state index contributed by atoms with van der Waals surface area (Å²) in [5, 5.41) is 18.2. The van der Waals surface area contributed by atoms with Gasteiger partial charge in [-0.3, -0.25) is 4.90 Å². The maximum atomic E-state index is 9.63. The van der Waals surface area contributed by atoms with Crippen LogP contribution in [0.15, 0.2) is 24.3 Å². The van der Waals surface area contributed by atoms with E-state index in [1.165, 1.54) is 0 Å². The molecule has 0 aliphatic carbocycles. The number of rotatable bonds is 6. The highest BCUT2D eigenvalue weighted by Crippen LogP contribution is 2.06. The molecule has 4 heteroatoms. The number of nitrogens with zero attached hydrogens (tertiary/aromatic N) is 1. The van der Waals surface area contributed by atoms with Gasteiger partial charge in [0.05, 0.1) is 12.7 Å². The highest BCUT2D eigenvalue weighted by Gasteiger charge is 2.08. The van der Waals surface area contributed by atoms with Crippen molar-refractivity contribution in [1.82, 2.24) is 4.90 Å². The summed E-state index contributed by atoms with van der Waals surface area (Å²) >= 11 is 0. The van der Waals surface area contributed by atoms with Crippen LogP contribution in [0.2, 0.25) is 0 Å². The smallest absolute Gasteiger partial charge is 0.104 e. The lowest BCUT2D eigenvalue weighted by atomic mass is 10.1. The van der Waals surface area contributed by atoms with Crippen LogP contribution < -0.4 is 0 Å². The van der Waals surface area contributed by atoms with Crippen LogP contribution in [-0.2, 0) is 11.3 Å². The summed E-state index contributed by atoms with van der Waals surface area (Å²) in [7, 11) is 3.54. The van der Waals surface area contributed by atoms with Crippen molar-refractivity contribution in [3.63, 3.8) is 0 Å². The fraction of sp³-hybridized carbons (Fsp3) is 0.467. The van der Waals surface area contributed by atoms with Crippen LogP contribution in [0.1, 0.15) is 11.1 Å². The van der Waals surface area contributed by atoms with Crippen LogP contribution >= 0.6 is 0 Å². The third-order valence-electron chi connectivity index (χ3n) is 2.60. The molecule has 0 spiro atoms. The standard InChI is InChI=1S/C15H21NO3/c1-16(11-15(18)12-19-2)10-14-7-5-13(6-8-14)4-3-9-17/h5-8,15,17-18H,9-12H2,1-2H3. The molecule has 0 amide bonds. The molecule has 0 radical (unpaired) electrons. The van der Waals surface area contributed by atoms with Gasteiger partial charge in [-0.1, -0.05) is 24.0 Å². The lowest BCUT2D eigenvalue weighted by molar-refractivity contribution is 0.0419. The van der Waals surface area contributed by atoms with Gasteiger partial charge in [-0.15, -0.1) is 0 Å². The van der Waals surface area contributed by atoms with Crippen LogP contribution in [-0.4, -0.2) is 55.1 Å². The van der Waals surface area contributed by atoms with Gasteiger partial charge in [0.2, 0.25) is 0 Å². The highest BCUT2D eigenvalue weighted by atomic mass is 16.5. The summed E-state index contributed by atoms with van der Waals surface area (Å²) < 4.78 is 4.90. The zero-order chi connectivity index (χ0) is 14.1. The van der Waals surface area contributed by atoms with Gasteiger partial charge in [-0.25, -0.2) is 0 Å². The molecule has 19 heavy (non-hydrogen) atoms. The van der Waals surface area contributed by atoms with Crippen LogP contribution in [0.5, 0.6) is 0 Å². The molecule has 0 aliphatic rings. The average Bonchev–Trinajstić information content (AvgIpc) is 2.38. The summed E-state index contributed by atoms with van der Waals surface area (Å²) in [5.41, 5.74) is 2.04. The summed E-state index contributed by atoms with van der Waals surface area (Å²) in [6.45, 7) is 1.55. The van der Waals surface area contributed by atoms with E-state index in [1.807, 2.05) is 36.2 Å². The Kier molecular flexibility index (Phi) is 7.16. The summed E-state index contributed by atoms with van der Waals surface area (Å²) in [6, 6.07) is 7.86. The summed E-state index contributed by atoms with van der Waals surface area (Å²) in [4.78, 5) is 2.04. The summed E-state index contributed by atoms with van der Waals surface area (Å²) in [5.74, 6) is 5.47. The van der Waals surface area contributed by atoms with Gasteiger partial charge in [0.1, 0.15) is 6.61 Å². The van der Waals surface area contributed by atoms with E-state index < -0.39 is 6.10 Å². The molecule has 0 aromatic heterocycles. The van der Waals surface area contributed by atoms with E-state index in [0.29, 0.717) is 13.2 Å². The minimum absolute atomic E-state index is 0.123. The zero-order valence-corrected chi connectivity index (χ0v) is 11.5. The Labute approximate surface area is 114 Å². The number of hydrogen-bond acceptors (Lipinski definition) is 4. The van der Waals surface area contributed by atoms with Gasteiger partial charge in [0, 0.05) is 25.8 Å². The van der Waals surface area contributed by atoms with Gasteiger partial charge in [-0.2, -0.15) is 0 Å². The Bertz CT molecular complexity index is 419. The number of likely N-dealkylation sites (N-methyl/N-ethyl adjacent to an activating group) is 1. The minimum Gasteiger partial charge on any atom is -0.389 e. The minimum atomic E-state index is -0.468. The molecule has 104 valence electrons. The molecule has 1 unspecified atom stereocenters. The van der Waals surface area contributed by atoms with E-state index in [1.54, 1.807) is 7.11 Å². The first-order valence-corrected chi connectivity index (χ1v) is 6.20. The monoisotopic (exact) mass is 263 g/mol. The first-order chi connectivity index (χ1) is 9.15. The molecule has 1 atom stereocenters. The average molecular weight is 263 g/mol. The van der Waals surface area contributed by atoms with Crippen molar-refractivity contribution in [2.75, 3.05) is 33.9 Å². The Morgan fingerprint density at radius 1 is 1.32 bits per heavy atom. The molecule has 4 nitrogen and oxygen atoms in total. The fourth-order valence-corrected chi connectivity index (χ4v) is 1.82. The summed E-state index contributed by atoms with van der Waals surface area (Å²) in [6.07, 6.45) is -0.468. The third-order valence-corrected chi connectivity index (χ3v) is 2.60. The Morgan fingerprint density at radius 2 is 2.00 bits per heavy atom. The highest BCUT2D eigenvalue weighted by molar-refractivity contribution is 5.36. The van der Waals surface area contributed by atoms with Crippen LogP contribution in [0.25, 0.3) is 0 Å². The lowest BCUT2D eigenvalue weighted by Gasteiger charge is -2.20. The number of aliphatic hydroxyl groups excluding tert-OH is 2. The topological polar surface area (TPSA) is 52.9 Å². The van der Waals surface area contributed by atoms with Crippen LogP contribution in [0.4, 0.5) is 0 Å². The number of benzene rings is 1. The molecular weight excluding hydrogens is 242 g/mol. The van der Waals surface area contributed by atoms with Gasteiger partial charge in [-0.05, 0) is 24.7 Å². The Balaban J connectivity index is 2.48. The second-order valence-electron chi connectivity index (χ2n) is 4.46. The number of ether oxygens (including phenoxy) is 1. The van der Waals surface area contributed by atoms with Crippen LogP contribution in [0.3, 0.4) is 0 Å². The van der Waals surface area contributed by atoms with Gasteiger partial charge in [0.25, 0.3) is 0 Å². The molecule has 1 aromatic carbocycles. The van der Waals surface area contributed by atoms with Crippen molar-refractivity contribution in [1.29, 1.82) is 0 Å². The van der Waals surface area contributed by atoms with E-state index in [9.17, 15) is 5.11 Å². The van der Waals surface area contributed by atoms with Crippen molar-refractivity contribution in [3.05, 3.63) is 35.4 Å². The van der Waals surface area contributed by atoms with Crippen molar-refractivity contribution in [2.45, 2.75) is 12.6 Å². The predicted molar refractivity (Wildman–Crippen MR) is 74.6 cm³/mol. The van der Waals surface area contributed by atoms with Crippen molar-refractivity contribution < 1.29 is 14.9 Å². The van der Waals surface area contributed by atoms with E-state index in [-0.39, 0.29) is 6.61 Å². The van der Waals surface area contributed by atoms with E-state index >= 15 is 0 Å². The first-order valence-electron chi connectivity index (χ1n) is 6.20. The van der Waals surface area contributed by atoms with Crippen LogP contribution in [0, 0.1) is 11.8 Å². The van der Waals surface area contributed by atoms with Gasteiger partial charge < -0.3 is 14.9 Å². The molecule has 1 rings (SSSR count). The Hall–Kier alpha value is -1.38. The molecule has 0 aliphatic heterocycles. The lowest BCUT2D eigenvalue weighted by Crippen LogP contribution is -2.31. The normalized spacial score (nSPS) is 12.1. The van der Waals surface area contributed by atoms with E-state index in [0.717, 1.165) is 17.7 Å². The molecule has 0 saturated carbocycles. The van der Waals surface area contributed by atoms with E-state index in [4.69, 9.17) is 9.84 Å². The molecule has 0 fully saturated rings. The quantitative estimate of drug-likeness (QED) is 0.733. The first kappa shape index (κ1) is 15.7. The Morgan fingerprint density at radius 3 is 2.58 bits per heavy atom. The third kappa shape index (κ3) is 6.37. The second kappa shape index (κ2) is 8.68. The SMILES string of the molecule is COCC(O)CN(C)Cc1ccc(C#CCO)cc1. The van der Waals surface area contributed by atoms with E-state index in [2.05, 4.69) is 11.8 Å². The van der Waals surface area contributed by atoms with Gasteiger partial charge >= 0.3 is 0 Å². The number of hydrogen-bond donors (Lipinski definition) is 2. The maximum absolute atomic E-state index is 9.63. The molecule has 2 N–H and O–H groups in total. The van der Waals surface area contributed by atoms with Crippen molar-refractivity contribution in [2.24, 2.45) is 0 Å². The predicted octanol–water partition coefficient (Wildman–Crippen LogP) is 0.469. The number of methoxy groups -OCH3 is 1. The molecular formula is C15H21NO3. The van der Waals surface area contributed by atoms with Crippen molar-refractivity contribution >= 4 is 0 Å². The number of aliphatic hydroxyl groups is 2. The van der Waals surface area contributed by atoms with Gasteiger partial charge in [0.15, 0.2) is 0 Å². The molecule has 0 heterocycles. The molecule has 0 bridgehead atoms. The zero-order valence-electron chi connectivity index (χ0n) is 11.5. The molecule has 1 aromatic rings. The van der Waals surface area contributed by atoms with Crippen molar-refractivity contribution in [3.8, 4) is 11.8 Å². The fourth-order valence-electron chi connectivity index (χ4n) is 1.82. The largest absolute Gasteiger partial charge is 0.389 e. The maximum Gasteiger partial charge on any atom is 0.104 e. The molecule has 0 saturated heterocycles. The second-order valence-corrected chi connectivity index (χ2v) is 4.46.